The van der Waals surface area contributed by atoms with Gasteiger partial charge in [0.2, 0.25) is 5.78 Å². The van der Waals surface area contributed by atoms with Crippen LogP contribution in [-0.4, -0.2) is 31.8 Å². The molecule has 1 aliphatic rings. The Bertz CT molecular complexity index is 1070. The summed E-state index contributed by atoms with van der Waals surface area (Å²) in [5.41, 5.74) is 0.784. The second-order valence-electron chi connectivity index (χ2n) is 7.04. The summed E-state index contributed by atoms with van der Waals surface area (Å²) in [4.78, 5) is 25.3. The Kier molecular flexibility index (Phi) is 4.56. The van der Waals surface area contributed by atoms with Gasteiger partial charge in [0.15, 0.2) is 21.2 Å². The molecule has 0 amide bonds. The summed E-state index contributed by atoms with van der Waals surface area (Å²) in [6, 6.07) is 13.1. The van der Waals surface area contributed by atoms with Gasteiger partial charge in [0.25, 0.3) is 0 Å². The van der Waals surface area contributed by atoms with E-state index in [0.29, 0.717) is 28.0 Å². The zero-order valence-corrected chi connectivity index (χ0v) is 16.4. The van der Waals surface area contributed by atoms with Crippen LogP contribution in [0, 0.1) is 0 Å². The molecule has 0 atom stereocenters. The molecule has 0 N–H and O–H groups in total. The van der Waals surface area contributed by atoms with E-state index in [-0.39, 0.29) is 16.5 Å². The molecule has 0 saturated heterocycles. The number of benzene rings is 2. The molecular formula is C21H20O5S. The Balaban J connectivity index is 2.24. The molecule has 1 heterocycles. The highest BCUT2D eigenvalue weighted by Crippen LogP contribution is 2.42. The summed E-state index contributed by atoms with van der Waals surface area (Å²) < 4.78 is 29.3. The first-order valence-corrected chi connectivity index (χ1v) is 10.3. The number of sulfone groups is 1. The minimum Gasteiger partial charge on any atom is -0.478 e. The van der Waals surface area contributed by atoms with E-state index >= 15 is 0 Å². The van der Waals surface area contributed by atoms with Crippen molar-refractivity contribution in [3.05, 3.63) is 65.2 Å². The minimum absolute atomic E-state index is 0.151. The molecule has 5 nitrogen and oxygen atoms in total. The molecule has 0 bridgehead atoms. The number of carbonyl (C=O) groups excluding carboxylic acids is 2. The largest absolute Gasteiger partial charge is 0.478 e. The molecule has 140 valence electrons. The molecule has 1 aliphatic heterocycles. The van der Waals surface area contributed by atoms with E-state index in [0.717, 1.165) is 6.26 Å². The highest BCUT2D eigenvalue weighted by Gasteiger charge is 2.43. The molecule has 0 spiro atoms. The summed E-state index contributed by atoms with van der Waals surface area (Å²) in [6.45, 7) is 4.79. The lowest BCUT2D eigenvalue weighted by molar-refractivity contribution is -0.125. The number of ketones is 2. The van der Waals surface area contributed by atoms with Crippen LogP contribution >= 0.6 is 0 Å². The molecule has 3 rings (SSSR count). The van der Waals surface area contributed by atoms with E-state index in [1.807, 2.05) is 0 Å². The van der Waals surface area contributed by atoms with Crippen molar-refractivity contribution in [2.45, 2.75) is 31.3 Å². The topological polar surface area (TPSA) is 77.5 Å². The van der Waals surface area contributed by atoms with Gasteiger partial charge in [0, 0.05) is 17.4 Å². The highest BCUT2D eigenvalue weighted by atomic mass is 32.2. The summed E-state index contributed by atoms with van der Waals surface area (Å²) in [6.07, 6.45) is 1.13. The standard InChI is InChI=1S/C21H20O5S/c1-13(22)16-7-5-6-8-17(16)18-19(26-21(2,3)20(18)23)14-9-11-15(12-10-14)27(4,24)25/h5-12H,1-4H3. The third kappa shape index (κ3) is 3.45. The van der Waals surface area contributed by atoms with Gasteiger partial charge in [-0.05, 0) is 50.6 Å². The van der Waals surface area contributed by atoms with Gasteiger partial charge in [-0.25, -0.2) is 8.42 Å². The Labute approximate surface area is 158 Å². The summed E-state index contributed by atoms with van der Waals surface area (Å²) in [7, 11) is -3.33. The minimum atomic E-state index is -3.33. The zero-order valence-electron chi connectivity index (χ0n) is 15.6. The van der Waals surface area contributed by atoms with Crippen LogP contribution in [0.1, 0.15) is 42.3 Å². The highest BCUT2D eigenvalue weighted by molar-refractivity contribution is 7.90. The molecular weight excluding hydrogens is 364 g/mol. The lowest BCUT2D eigenvalue weighted by Crippen LogP contribution is -2.29. The van der Waals surface area contributed by atoms with Gasteiger partial charge >= 0.3 is 0 Å². The van der Waals surface area contributed by atoms with Crippen molar-refractivity contribution < 1.29 is 22.7 Å². The van der Waals surface area contributed by atoms with Gasteiger partial charge in [-0.3, -0.25) is 9.59 Å². The summed E-state index contributed by atoms with van der Waals surface area (Å²) in [5, 5.41) is 0. The van der Waals surface area contributed by atoms with Crippen LogP contribution in [0.3, 0.4) is 0 Å². The third-order valence-corrected chi connectivity index (χ3v) is 5.61. The van der Waals surface area contributed by atoms with Gasteiger partial charge in [0.1, 0.15) is 5.76 Å². The summed E-state index contributed by atoms with van der Waals surface area (Å²) in [5.74, 6) is -0.0282. The molecule has 2 aromatic rings. The summed E-state index contributed by atoms with van der Waals surface area (Å²) >= 11 is 0. The van der Waals surface area contributed by atoms with Crippen molar-refractivity contribution in [3.8, 4) is 0 Å². The lowest BCUT2D eigenvalue weighted by Gasteiger charge is -2.18. The van der Waals surface area contributed by atoms with Crippen molar-refractivity contribution in [2.75, 3.05) is 6.26 Å². The SMILES string of the molecule is CC(=O)c1ccccc1C1=C(c2ccc(S(C)(=O)=O)cc2)OC(C)(C)C1=O. The molecule has 0 aromatic heterocycles. The molecule has 0 unspecified atom stereocenters. The van der Waals surface area contributed by atoms with E-state index in [2.05, 4.69) is 0 Å². The molecule has 0 radical (unpaired) electrons. The number of hydrogen-bond donors (Lipinski definition) is 0. The van der Waals surface area contributed by atoms with Gasteiger partial charge in [0.05, 0.1) is 10.5 Å². The van der Waals surface area contributed by atoms with Crippen LogP contribution in [0.4, 0.5) is 0 Å². The fraction of sp³-hybridized carbons (Fsp3) is 0.238. The fourth-order valence-electron chi connectivity index (χ4n) is 3.07. The number of rotatable bonds is 4. The third-order valence-electron chi connectivity index (χ3n) is 4.48. The van der Waals surface area contributed by atoms with Crippen LogP contribution in [0.2, 0.25) is 0 Å². The molecule has 0 fully saturated rings. The first kappa shape index (κ1) is 19.0. The maximum absolute atomic E-state index is 13.0. The molecule has 6 heteroatoms. The number of Topliss-reactive ketones (excluding diaryl/α,β-unsaturated/α-hetero) is 2. The maximum atomic E-state index is 13.0. The maximum Gasteiger partial charge on any atom is 0.210 e. The van der Waals surface area contributed by atoms with Gasteiger partial charge in [-0.15, -0.1) is 0 Å². The van der Waals surface area contributed by atoms with Crippen molar-refractivity contribution in [3.63, 3.8) is 0 Å². The molecule has 0 saturated carbocycles. The smallest absolute Gasteiger partial charge is 0.210 e. The Morgan fingerprint density at radius 2 is 1.59 bits per heavy atom. The van der Waals surface area contributed by atoms with E-state index in [4.69, 9.17) is 4.74 Å². The van der Waals surface area contributed by atoms with Gasteiger partial charge < -0.3 is 4.74 Å². The van der Waals surface area contributed by atoms with E-state index in [1.165, 1.54) is 19.1 Å². The van der Waals surface area contributed by atoms with E-state index in [1.54, 1.807) is 50.2 Å². The van der Waals surface area contributed by atoms with E-state index in [9.17, 15) is 18.0 Å². The zero-order chi connectivity index (χ0) is 20.0. The quantitative estimate of drug-likeness (QED) is 0.754. The van der Waals surface area contributed by atoms with Gasteiger partial charge in [-0.2, -0.15) is 0 Å². The van der Waals surface area contributed by atoms with Crippen molar-refractivity contribution in [2.24, 2.45) is 0 Å². The van der Waals surface area contributed by atoms with Crippen molar-refractivity contribution in [1.29, 1.82) is 0 Å². The van der Waals surface area contributed by atoms with Gasteiger partial charge in [-0.1, -0.05) is 24.3 Å². The first-order chi connectivity index (χ1) is 12.5. The number of hydrogen-bond acceptors (Lipinski definition) is 5. The number of carbonyl (C=O) groups is 2. The monoisotopic (exact) mass is 384 g/mol. The molecule has 0 aliphatic carbocycles. The average Bonchev–Trinajstić information content (AvgIpc) is 2.84. The Hall–Kier alpha value is -2.73. The average molecular weight is 384 g/mol. The second-order valence-corrected chi connectivity index (χ2v) is 9.06. The van der Waals surface area contributed by atoms with Crippen molar-refractivity contribution in [1.82, 2.24) is 0 Å². The second kappa shape index (κ2) is 6.46. The van der Waals surface area contributed by atoms with E-state index < -0.39 is 15.4 Å². The van der Waals surface area contributed by atoms with Crippen LogP contribution in [-0.2, 0) is 19.4 Å². The fourth-order valence-corrected chi connectivity index (χ4v) is 3.70. The lowest BCUT2D eigenvalue weighted by atomic mass is 9.89. The van der Waals surface area contributed by atoms with Crippen molar-refractivity contribution >= 4 is 32.7 Å². The molecule has 2 aromatic carbocycles. The van der Waals surface area contributed by atoms with Crippen LogP contribution < -0.4 is 0 Å². The van der Waals surface area contributed by atoms with Crippen LogP contribution in [0.25, 0.3) is 11.3 Å². The Morgan fingerprint density at radius 3 is 2.15 bits per heavy atom. The van der Waals surface area contributed by atoms with Crippen LogP contribution in [0.5, 0.6) is 0 Å². The predicted octanol–water partition coefficient (Wildman–Crippen LogP) is 3.54. The Morgan fingerprint density at radius 1 is 1.00 bits per heavy atom. The predicted molar refractivity (Wildman–Crippen MR) is 103 cm³/mol. The number of ether oxygens (including phenoxy) is 1. The van der Waals surface area contributed by atoms with Crippen LogP contribution in [0.15, 0.2) is 53.4 Å². The molecule has 27 heavy (non-hydrogen) atoms. The normalized spacial score (nSPS) is 16.4. The first-order valence-electron chi connectivity index (χ1n) is 8.41.